The van der Waals surface area contributed by atoms with Crippen molar-refractivity contribution in [2.45, 2.75) is 71.3 Å². The van der Waals surface area contributed by atoms with Crippen molar-refractivity contribution in [3.05, 3.63) is 35.4 Å². The van der Waals surface area contributed by atoms with Crippen LogP contribution in [0.25, 0.3) is 0 Å². The first kappa shape index (κ1) is 16.1. The number of benzene rings is 1. The number of hydrogen-bond donors (Lipinski definition) is 0. The van der Waals surface area contributed by atoms with E-state index < -0.39 is 0 Å². The van der Waals surface area contributed by atoms with Gasteiger partial charge >= 0.3 is 5.97 Å². The Hall–Kier alpha value is -1.31. The van der Waals surface area contributed by atoms with Gasteiger partial charge in [0.25, 0.3) is 0 Å². The lowest BCUT2D eigenvalue weighted by Gasteiger charge is -2.40. The van der Waals surface area contributed by atoms with Crippen LogP contribution in [0.5, 0.6) is 0 Å². The van der Waals surface area contributed by atoms with Crippen molar-refractivity contribution in [2.24, 2.45) is 5.92 Å². The van der Waals surface area contributed by atoms with E-state index >= 15 is 0 Å². The number of ether oxygens (including phenoxy) is 1. The summed E-state index contributed by atoms with van der Waals surface area (Å²) in [4.78, 5) is 11.8. The molecule has 2 nitrogen and oxygen atoms in total. The van der Waals surface area contributed by atoms with E-state index in [0.29, 0.717) is 18.3 Å². The molecule has 0 aliphatic carbocycles. The van der Waals surface area contributed by atoms with Gasteiger partial charge in [-0.15, -0.1) is 0 Å². The zero-order chi connectivity index (χ0) is 15.5. The zero-order valence-electron chi connectivity index (χ0n) is 13.8. The van der Waals surface area contributed by atoms with Gasteiger partial charge in [0.1, 0.15) is 5.60 Å². The van der Waals surface area contributed by atoms with Crippen LogP contribution in [0.2, 0.25) is 0 Å². The summed E-state index contributed by atoms with van der Waals surface area (Å²) in [5.41, 5.74) is 2.37. The van der Waals surface area contributed by atoms with Crippen LogP contribution in [-0.2, 0) is 9.53 Å². The largest absolute Gasteiger partial charge is 0.459 e. The Labute approximate surface area is 128 Å². The van der Waals surface area contributed by atoms with Crippen LogP contribution in [0.4, 0.5) is 0 Å². The Balaban J connectivity index is 2.14. The maximum atomic E-state index is 11.8. The van der Waals surface area contributed by atoms with Crippen LogP contribution in [-0.4, -0.2) is 11.6 Å². The Kier molecular flexibility index (Phi) is 5.08. The molecule has 0 bridgehead atoms. The third-order valence-electron chi connectivity index (χ3n) is 4.45. The van der Waals surface area contributed by atoms with Crippen molar-refractivity contribution in [3.8, 4) is 0 Å². The molecule has 1 fully saturated rings. The molecule has 1 aromatic rings. The number of hydrogen-bond acceptors (Lipinski definition) is 2. The number of carbonyl (C=O) groups excluding carboxylic acids is 1. The van der Waals surface area contributed by atoms with Gasteiger partial charge in [-0.25, -0.2) is 0 Å². The molecule has 2 heteroatoms. The minimum Gasteiger partial charge on any atom is -0.459 e. The second-order valence-electron chi connectivity index (χ2n) is 7.12. The van der Waals surface area contributed by atoms with E-state index in [-0.39, 0.29) is 11.6 Å². The summed E-state index contributed by atoms with van der Waals surface area (Å²) >= 11 is 0. The van der Waals surface area contributed by atoms with E-state index in [2.05, 4.69) is 52.0 Å². The highest BCUT2D eigenvalue weighted by Crippen LogP contribution is 2.39. The maximum Gasteiger partial charge on any atom is 0.306 e. The summed E-state index contributed by atoms with van der Waals surface area (Å²) in [5, 5.41) is 0. The first-order valence-electron chi connectivity index (χ1n) is 8.19. The van der Waals surface area contributed by atoms with Crippen LogP contribution < -0.4 is 0 Å². The predicted octanol–water partition coefficient (Wildman–Crippen LogP) is 5.00. The molecule has 0 N–H and O–H groups in total. The maximum absolute atomic E-state index is 11.8. The van der Waals surface area contributed by atoms with E-state index in [0.717, 1.165) is 25.7 Å². The molecule has 0 saturated carbocycles. The minimum absolute atomic E-state index is 0.0157. The molecule has 0 aromatic heterocycles. The summed E-state index contributed by atoms with van der Waals surface area (Å²) < 4.78 is 5.86. The van der Waals surface area contributed by atoms with Crippen molar-refractivity contribution in [1.29, 1.82) is 0 Å². The fourth-order valence-corrected chi connectivity index (χ4v) is 3.58. The third-order valence-corrected chi connectivity index (χ3v) is 4.45. The minimum atomic E-state index is -0.256. The molecular formula is C19H28O2. The number of cyclic esters (lactones) is 1. The first-order valence-corrected chi connectivity index (χ1v) is 8.19. The summed E-state index contributed by atoms with van der Waals surface area (Å²) in [6.45, 7) is 8.77. The highest BCUT2D eigenvalue weighted by Gasteiger charge is 2.39. The lowest BCUT2D eigenvalue weighted by molar-refractivity contribution is -0.171. The quantitative estimate of drug-likeness (QED) is 0.713. The van der Waals surface area contributed by atoms with Gasteiger partial charge in [0.15, 0.2) is 0 Å². The lowest BCUT2D eigenvalue weighted by Crippen LogP contribution is -2.41. The van der Waals surface area contributed by atoms with Crippen LogP contribution in [0.1, 0.15) is 69.9 Å². The molecular weight excluding hydrogens is 260 g/mol. The Morgan fingerprint density at radius 2 is 1.81 bits per heavy atom. The van der Waals surface area contributed by atoms with Crippen molar-refractivity contribution in [2.75, 3.05) is 0 Å². The SMILES string of the molecule is Cc1ccc(C(C)CC2(CC(C)C)CCCC(=O)O2)cc1. The summed E-state index contributed by atoms with van der Waals surface area (Å²) in [6.07, 6.45) is 4.45. The molecule has 2 unspecified atom stereocenters. The van der Waals surface area contributed by atoms with Gasteiger partial charge in [-0.1, -0.05) is 50.6 Å². The molecule has 1 heterocycles. The molecule has 2 rings (SSSR count). The van der Waals surface area contributed by atoms with Crippen molar-refractivity contribution < 1.29 is 9.53 Å². The van der Waals surface area contributed by atoms with Gasteiger partial charge in [0.05, 0.1) is 0 Å². The fourth-order valence-electron chi connectivity index (χ4n) is 3.58. The molecule has 1 saturated heterocycles. The average molecular weight is 288 g/mol. The molecule has 21 heavy (non-hydrogen) atoms. The van der Waals surface area contributed by atoms with E-state index in [9.17, 15) is 4.79 Å². The third kappa shape index (κ3) is 4.33. The van der Waals surface area contributed by atoms with E-state index in [1.165, 1.54) is 11.1 Å². The summed E-state index contributed by atoms with van der Waals surface area (Å²) in [7, 11) is 0. The van der Waals surface area contributed by atoms with Crippen LogP contribution >= 0.6 is 0 Å². The monoisotopic (exact) mass is 288 g/mol. The molecule has 1 aliphatic heterocycles. The number of rotatable bonds is 5. The van der Waals surface area contributed by atoms with E-state index in [4.69, 9.17) is 4.74 Å². The second kappa shape index (κ2) is 6.64. The smallest absolute Gasteiger partial charge is 0.306 e. The van der Waals surface area contributed by atoms with E-state index in [1.807, 2.05) is 0 Å². The van der Waals surface area contributed by atoms with Gasteiger partial charge in [0, 0.05) is 6.42 Å². The predicted molar refractivity (Wildman–Crippen MR) is 86.3 cm³/mol. The van der Waals surface area contributed by atoms with Crippen LogP contribution in [0.15, 0.2) is 24.3 Å². The number of carbonyl (C=O) groups is 1. The normalized spacial score (nSPS) is 24.0. The molecule has 2 atom stereocenters. The Morgan fingerprint density at radius 1 is 1.14 bits per heavy atom. The summed E-state index contributed by atoms with van der Waals surface area (Å²) in [5.74, 6) is 0.939. The van der Waals surface area contributed by atoms with Gasteiger partial charge < -0.3 is 4.74 Å². The van der Waals surface area contributed by atoms with Crippen molar-refractivity contribution in [3.63, 3.8) is 0 Å². The molecule has 0 radical (unpaired) electrons. The van der Waals surface area contributed by atoms with Gasteiger partial charge in [-0.3, -0.25) is 4.79 Å². The molecule has 116 valence electrons. The second-order valence-corrected chi connectivity index (χ2v) is 7.12. The molecule has 0 spiro atoms. The lowest BCUT2D eigenvalue weighted by atomic mass is 9.77. The first-order chi connectivity index (χ1) is 9.90. The molecule has 1 aromatic carbocycles. The average Bonchev–Trinajstić information content (AvgIpc) is 2.38. The Bertz CT molecular complexity index is 475. The molecule has 0 amide bonds. The van der Waals surface area contributed by atoms with Crippen LogP contribution in [0, 0.1) is 12.8 Å². The zero-order valence-corrected chi connectivity index (χ0v) is 13.8. The highest BCUT2D eigenvalue weighted by atomic mass is 16.6. The van der Waals surface area contributed by atoms with Crippen molar-refractivity contribution >= 4 is 5.97 Å². The van der Waals surface area contributed by atoms with Gasteiger partial charge in [-0.05, 0) is 50.0 Å². The number of aryl methyl sites for hydroxylation is 1. The standard InChI is InChI=1S/C19H28O2/c1-14(2)12-19(11-5-6-18(20)21-19)13-16(4)17-9-7-15(3)8-10-17/h7-10,14,16H,5-6,11-13H2,1-4H3. The molecule has 1 aliphatic rings. The van der Waals surface area contributed by atoms with Gasteiger partial charge in [0.2, 0.25) is 0 Å². The fraction of sp³-hybridized carbons (Fsp3) is 0.632. The number of esters is 1. The van der Waals surface area contributed by atoms with E-state index in [1.54, 1.807) is 0 Å². The Morgan fingerprint density at radius 3 is 2.38 bits per heavy atom. The van der Waals surface area contributed by atoms with Crippen molar-refractivity contribution in [1.82, 2.24) is 0 Å². The summed E-state index contributed by atoms with van der Waals surface area (Å²) in [6, 6.07) is 8.73. The van der Waals surface area contributed by atoms with Gasteiger partial charge in [-0.2, -0.15) is 0 Å². The topological polar surface area (TPSA) is 26.3 Å². The highest BCUT2D eigenvalue weighted by molar-refractivity contribution is 5.70. The van der Waals surface area contributed by atoms with Crippen LogP contribution in [0.3, 0.4) is 0 Å².